The number of carbonyl (C=O) groups excluding carboxylic acids is 3. The second-order valence-corrected chi connectivity index (χ2v) is 7.09. The van der Waals surface area contributed by atoms with Crippen LogP contribution in [0.1, 0.15) is 33.3 Å². The van der Waals surface area contributed by atoms with Crippen molar-refractivity contribution in [2.45, 2.75) is 13.0 Å². The first kappa shape index (κ1) is 21.0. The zero-order chi connectivity index (χ0) is 23.0. The van der Waals surface area contributed by atoms with E-state index in [0.717, 1.165) is 17.0 Å². The van der Waals surface area contributed by atoms with Crippen LogP contribution in [0.2, 0.25) is 0 Å². The number of aliphatic hydroxyl groups is 1. The Hall–Kier alpha value is -4.27. The molecule has 0 saturated carbocycles. The second kappa shape index (κ2) is 8.10. The van der Waals surface area contributed by atoms with Crippen LogP contribution in [0.25, 0.3) is 5.76 Å². The van der Waals surface area contributed by atoms with Crippen LogP contribution in [0.15, 0.2) is 64.7 Å². The summed E-state index contributed by atoms with van der Waals surface area (Å²) in [5.41, 5.74) is 0.662. The Balaban J connectivity index is 1.90. The molecule has 1 amide bonds. The van der Waals surface area contributed by atoms with E-state index in [1.807, 2.05) is 0 Å². The molecule has 1 saturated heterocycles. The maximum Gasteiger partial charge on any atom is 0.337 e. The number of benzene rings is 2. The number of amides is 1. The number of carbonyl (C=O) groups is 3. The maximum atomic E-state index is 13.3. The number of aryl methyl sites for hydroxylation is 1. The molecular weight excluding hydrogens is 419 g/mol. The average molecular weight is 436 g/mol. The number of halogens is 1. The lowest BCUT2D eigenvalue weighted by Crippen LogP contribution is -2.29. The first-order chi connectivity index (χ1) is 15.3. The van der Waals surface area contributed by atoms with Crippen LogP contribution >= 0.6 is 0 Å². The molecule has 4 rings (SSSR count). The van der Waals surface area contributed by atoms with E-state index in [0.29, 0.717) is 11.3 Å². The Morgan fingerprint density at radius 2 is 1.72 bits per heavy atom. The lowest BCUT2D eigenvalue weighted by molar-refractivity contribution is -0.132. The quantitative estimate of drug-likeness (QED) is 0.288. The minimum absolute atomic E-state index is 0.0878. The minimum atomic E-state index is -1.06. The number of hydrogen-bond donors (Lipinski definition) is 1. The van der Waals surface area contributed by atoms with Crippen LogP contribution in [-0.4, -0.2) is 35.0 Å². The van der Waals surface area contributed by atoms with Gasteiger partial charge in [0, 0.05) is 11.6 Å². The molecule has 32 heavy (non-hydrogen) atoms. The number of rotatable bonds is 4. The van der Waals surface area contributed by atoms with Crippen molar-refractivity contribution in [1.29, 1.82) is 0 Å². The molecular formula is C23H17FN2O6. The first-order valence-corrected chi connectivity index (χ1v) is 9.50. The highest BCUT2D eigenvalue weighted by molar-refractivity contribution is 6.51. The van der Waals surface area contributed by atoms with Crippen molar-refractivity contribution in [3.05, 3.63) is 88.4 Å². The highest BCUT2D eigenvalue weighted by Gasteiger charge is 2.48. The highest BCUT2D eigenvalue weighted by atomic mass is 19.1. The molecule has 0 aliphatic carbocycles. The standard InChI is InChI=1S/C23H17FN2O6/c1-12-11-17(25-32-12)26-19(13-3-5-15(6-4-13)23(30)31-2)18(21(28)22(26)29)20(27)14-7-9-16(24)10-8-14/h3-11,19,27H,1-2H3/b20-18+/t19-/m1/s1. The summed E-state index contributed by atoms with van der Waals surface area (Å²) in [6.45, 7) is 1.63. The van der Waals surface area contributed by atoms with Crippen molar-refractivity contribution in [1.82, 2.24) is 5.16 Å². The summed E-state index contributed by atoms with van der Waals surface area (Å²) in [6, 6.07) is 11.3. The Labute approximate surface area is 181 Å². The minimum Gasteiger partial charge on any atom is -0.507 e. The van der Waals surface area contributed by atoms with Gasteiger partial charge in [0.05, 0.1) is 24.3 Å². The molecule has 0 unspecified atom stereocenters. The lowest BCUT2D eigenvalue weighted by Gasteiger charge is -2.23. The van der Waals surface area contributed by atoms with Crippen LogP contribution in [0.4, 0.5) is 10.2 Å². The zero-order valence-electron chi connectivity index (χ0n) is 17.0. The molecule has 1 N–H and O–H groups in total. The van der Waals surface area contributed by atoms with E-state index < -0.39 is 35.3 Å². The number of Topliss-reactive ketones (excluding diaryl/α,β-unsaturated/α-hetero) is 1. The van der Waals surface area contributed by atoms with Gasteiger partial charge in [0.2, 0.25) is 0 Å². The van der Waals surface area contributed by atoms with Gasteiger partial charge >= 0.3 is 11.9 Å². The number of aromatic nitrogens is 1. The van der Waals surface area contributed by atoms with Gasteiger partial charge in [-0.1, -0.05) is 17.3 Å². The predicted molar refractivity (Wildman–Crippen MR) is 110 cm³/mol. The fourth-order valence-corrected chi connectivity index (χ4v) is 3.53. The molecule has 8 nitrogen and oxygen atoms in total. The molecule has 0 spiro atoms. The summed E-state index contributed by atoms with van der Waals surface area (Å²) in [6.07, 6.45) is 0. The van der Waals surface area contributed by atoms with E-state index in [1.54, 1.807) is 19.1 Å². The number of esters is 1. The summed E-state index contributed by atoms with van der Waals surface area (Å²) in [5.74, 6) is -2.88. The molecule has 1 aliphatic rings. The lowest BCUT2D eigenvalue weighted by atomic mass is 9.94. The summed E-state index contributed by atoms with van der Waals surface area (Å²) < 4.78 is 23.1. The highest BCUT2D eigenvalue weighted by Crippen LogP contribution is 2.41. The summed E-state index contributed by atoms with van der Waals surface area (Å²) in [7, 11) is 1.25. The summed E-state index contributed by atoms with van der Waals surface area (Å²) >= 11 is 0. The van der Waals surface area contributed by atoms with Gasteiger partial charge < -0.3 is 14.4 Å². The number of nitrogens with zero attached hydrogens (tertiary/aromatic N) is 2. The van der Waals surface area contributed by atoms with E-state index in [-0.39, 0.29) is 22.5 Å². The molecule has 0 bridgehead atoms. The topological polar surface area (TPSA) is 110 Å². The fourth-order valence-electron chi connectivity index (χ4n) is 3.53. The number of methoxy groups -OCH3 is 1. The van der Waals surface area contributed by atoms with Crippen LogP contribution in [0, 0.1) is 12.7 Å². The van der Waals surface area contributed by atoms with Crippen molar-refractivity contribution >= 4 is 29.2 Å². The number of ether oxygens (including phenoxy) is 1. The van der Waals surface area contributed by atoms with E-state index in [4.69, 9.17) is 9.26 Å². The van der Waals surface area contributed by atoms with E-state index in [2.05, 4.69) is 5.16 Å². The van der Waals surface area contributed by atoms with Gasteiger partial charge in [0.1, 0.15) is 17.3 Å². The Morgan fingerprint density at radius 1 is 1.09 bits per heavy atom. The molecule has 162 valence electrons. The summed E-state index contributed by atoms with van der Waals surface area (Å²) in [5, 5.41) is 14.8. The van der Waals surface area contributed by atoms with Crippen molar-refractivity contribution in [3.8, 4) is 0 Å². The number of aliphatic hydroxyl groups excluding tert-OH is 1. The van der Waals surface area contributed by atoms with Gasteiger partial charge in [-0.2, -0.15) is 0 Å². The molecule has 1 aromatic heterocycles. The molecule has 0 radical (unpaired) electrons. The van der Waals surface area contributed by atoms with Crippen molar-refractivity contribution in [2.24, 2.45) is 0 Å². The SMILES string of the molecule is COC(=O)c1ccc([C@@H]2/C(=C(\O)c3ccc(F)cc3)C(=O)C(=O)N2c2cc(C)on2)cc1. The maximum absolute atomic E-state index is 13.3. The predicted octanol–water partition coefficient (Wildman–Crippen LogP) is 3.54. The van der Waals surface area contributed by atoms with Gasteiger partial charge in [0.15, 0.2) is 5.82 Å². The van der Waals surface area contributed by atoms with E-state index in [1.165, 1.54) is 37.4 Å². The number of ketones is 1. The molecule has 3 aromatic rings. The largest absolute Gasteiger partial charge is 0.507 e. The van der Waals surface area contributed by atoms with Crippen molar-refractivity contribution in [3.63, 3.8) is 0 Å². The molecule has 9 heteroatoms. The Morgan fingerprint density at radius 3 is 2.28 bits per heavy atom. The zero-order valence-corrected chi connectivity index (χ0v) is 17.0. The van der Waals surface area contributed by atoms with Crippen LogP contribution in [0.3, 0.4) is 0 Å². The molecule has 1 aliphatic heterocycles. The van der Waals surface area contributed by atoms with Crippen molar-refractivity contribution in [2.75, 3.05) is 12.0 Å². The fraction of sp³-hybridized carbons (Fsp3) is 0.130. The number of anilines is 1. The number of hydrogen-bond acceptors (Lipinski definition) is 7. The summed E-state index contributed by atoms with van der Waals surface area (Å²) in [4.78, 5) is 38.8. The van der Waals surface area contributed by atoms with Gasteiger partial charge in [-0.25, -0.2) is 9.18 Å². The third-order valence-corrected chi connectivity index (χ3v) is 5.07. The smallest absolute Gasteiger partial charge is 0.337 e. The second-order valence-electron chi connectivity index (χ2n) is 7.09. The monoisotopic (exact) mass is 436 g/mol. The van der Waals surface area contributed by atoms with Crippen LogP contribution in [0.5, 0.6) is 0 Å². The normalized spacial score (nSPS) is 17.6. The van der Waals surface area contributed by atoms with Gasteiger partial charge in [-0.05, 0) is 48.9 Å². The first-order valence-electron chi connectivity index (χ1n) is 9.50. The molecule has 2 aromatic carbocycles. The third-order valence-electron chi connectivity index (χ3n) is 5.07. The van der Waals surface area contributed by atoms with Crippen LogP contribution < -0.4 is 4.90 Å². The average Bonchev–Trinajstić information content (AvgIpc) is 3.34. The van der Waals surface area contributed by atoms with Gasteiger partial charge in [0.25, 0.3) is 5.78 Å². The van der Waals surface area contributed by atoms with Gasteiger partial charge in [-0.15, -0.1) is 0 Å². The Bertz CT molecular complexity index is 1240. The van der Waals surface area contributed by atoms with Crippen molar-refractivity contribution < 1.29 is 33.1 Å². The molecule has 1 atom stereocenters. The van der Waals surface area contributed by atoms with E-state index >= 15 is 0 Å². The van der Waals surface area contributed by atoms with Crippen LogP contribution in [-0.2, 0) is 14.3 Å². The molecule has 2 heterocycles. The Kier molecular flexibility index (Phi) is 5.31. The van der Waals surface area contributed by atoms with E-state index in [9.17, 15) is 23.9 Å². The van der Waals surface area contributed by atoms with Gasteiger partial charge in [-0.3, -0.25) is 14.5 Å². The molecule has 1 fully saturated rings. The third kappa shape index (κ3) is 3.53.